The van der Waals surface area contributed by atoms with E-state index in [0.717, 1.165) is 36.0 Å². The number of piperidine rings is 1. The molecule has 0 amide bonds. The van der Waals surface area contributed by atoms with Crippen LogP contribution < -0.4 is 30.6 Å². The number of phenolic OH excluding ortho intramolecular Hbond substituents is 2. The first-order valence-corrected chi connectivity index (χ1v) is 17.2. The molecule has 2 saturated heterocycles. The summed E-state index contributed by atoms with van der Waals surface area (Å²) in [6.45, 7) is 4.73. The second kappa shape index (κ2) is 17.2. The minimum Gasteiger partial charge on any atom is -0.504 e. The first kappa shape index (κ1) is 36.5. The number of phenols is 2. The molecular weight excluding hydrogens is 628 g/mol. The monoisotopic (exact) mass is 680 g/mol. The number of anilines is 1. The van der Waals surface area contributed by atoms with Gasteiger partial charge >= 0.3 is 0 Å². The smallest absolute Gasteiger partial charge is 0.200 e. The van der Waals surface area contributed by atoms with Crippen molar-refractivity contribution in [3.63, 3.8) is 0 Å². The fraction of sp³-hybridized carbons (Fsp3) is 0.541. The van der Waals surface area contributed by atoms with Crippen molar-refractivity contribution in [2.75, 3.05) is 32.7 Å². The quantitative estimate of drug-likeness (QED) is 0.0908. The Balaban J connectivity index is 1.23. The lowest BCUT2D eigenvalue weighted by Crippen LogP contribution is -2.50. The standard InChI is InChI=1S/C37H52N4O8/c1-22-4-7-26(12-25-10-11-40-36(38)14-25)30(41-22)20-47-35-16-27(15-34(46-3)37(35)45)32-18-28(43)17-29(49-32)8-5-24-6-9-31(44)33(13-24)48-21-39-19-23(2)42/h6,9-11,13-16,22-23,26,28-30,32,39,41-45H,4-5,7-8,12,17-21H2,1-3H3,(H2,38,40)/t22-,23-,26+,28-,29-,30+,32-/m0/s1. The van der Waals surface area contributed by atoms with E-state index in [1.54, 1.807) is 37.4 Å². The predicted molar refractivity (Wildman–Crippen MR) is 186 cm³/mol. The van der Waals surface area contributed by atoms with Crippen molar-refractivity contribution in [3.05, 3.63) is 65.4 Å². The van der Waals surface area contributed by atoms with E-state index in [1.165, 1.54) is 7.11 Å². The molecule has 268 valence electrons. The Morgan fingerprint density at radius 2 is 1.86 bits per heavy atom. The van der Waals surface area contributed by atoms with E-state index >= 15 is 0 Å². The molecule has 0 bridgehead atoms. The van der Waals surface area contributed by atoms with Crippen LogP contribution in [0.5, 0.6) is 28.7 Å². The van der Waals surface area contributed by atoms with Gasteiger partial charge in [0, 0.05) is 31.2 Å². The average molecular weight is 681 g/mol. The summed E-state index contributed by atoms with van der Waals surface area (Å²) in [5, 5.41) is 48.2. The van der Waals surface area contributed by atoms with Crippen LogP contribution in [0.1, 0.15) is 68.7 Å². The van der Waals surface area contributed by atoms with E-state index in [2.05, 4.69) is 22.5 Å². The predicted octanol–water partition coefficient (Wildman–Crippen LogP) is 3.98. The molecule has 2 fully saturated rings. The zero-order valence-electron chi connectivity index (χ0n) is 28.7. The molecule has 2 aromatic carbocycles. The number of rotatable bonds is 15. The highest BCUT2D eigenvalue weighted by Crippen LogP contribution is 2.43. The number of nitrogens with zero attached hydrogens (tertiary/aromatic N) is 1. The van der Waals surface area contributed by atoms with Crippen LogP contribution in [0.3, 0.4) is 0 Å². The molecule has 2 aliphatic rings. The summed E-state index contributed by atoms with van der Waals surface area (Å²) in [6, 6.07) is 13.1. The second-order valence-electron chi connectivity index (χ2n) is 13.5. The van der Waals surface area contributed by atoms with Crippen LogP contribution in [0, 0.1) is 5.92 Å². The topological polar surface area (TPSA) is 181 Å². The number of nitrogens with two attached hydrogens (primary N) is 1. The minimum absolute atomic E-state index is 0.0366. The van der Waals surface area contributed by atoms with Gasteiger partial charge < -0.3 is 50.4 Å². The summed E-state index contributed by atoms with van der Waals surface area (Å²) in [7, 11) is 1.50. The van der Waals surface area contributed by atoms with Gasteiger partial charge in [0.15, 0.2) is 23.0 Å². The van der Waals surface area contributed by atoms with Crippen LogP contribution in [-0.4, -0.2) is 82.8 Å². The molecule has 49 heavy (non-hydrogen) atoms. The fourth-order valence-corrected chi connectivity index (χ4v) is 6.78. The number of aliphatic hydroxyl groups is 2. The van der Waals surface area contributed by atoms with Crippen LogP contribution >= 0.6 is 0 Å². The third-order valence-electron chi connectivity index (χ3n) is 9.38. The number of benzene rings is 2. The number of ether oxygens (including phenoxy) is 4. The van der Waals surface area contributed by atoms with Crippen molar-refractivity contribution in [2.45, 2.75) is 95.3 Å². The normalized spacial score (nSPS) is 24.7. The lowest BCUT2D eigenvalue weighted by molar-refractivity contribution is -0.0999. The SMILES string of the molecule is COc1cc([C@@H]2C[C@@H](O)C[C@H](CCc3ccc(O)c(OCNC[C@H](C)O)c3)O2)cc(OC[C@H]2N[C@@H](C)CC[C@@H]2Cc2ccnc(N)c2)c1O. The van der Waals surface area contributed by atoms with E-state index in [0.29, 0.717) is 68.1 Å². The number of nitrogen functional groups attached to an aromatic ring is 1. The number of pyridine rings is 1. The van der Waals surface area contributed by atoms with Crippen LogP contribution in [0.15, 0.2) is 48.7 Å². The number of aromatic nitrogens is 1. The lowest BCUT2D eigenvalue weighted by atomic mass is 9.84. The third-order valence-corrected chi connectivity index (χ3v) is 9.38. The largest absolute Gasteiger partial charge is 0.504 e. The molecule has 0 radical (unpaired) electrons. The van der Waals surface area contributed by atoms with E-state index < -0.39 is 18.3 Å². The molecule has 12 heteroatoms. The third kappa shape index (κ3) is 10.3. The van der Waals surface area contributed by atoms with Gasteiger partial charge in [-0.05, 0) is 111 Å². The van der Waals surface area contributed by atoms with Crippen molar-refractivity contribution < 1.29 is 39.4 Å². The van der Waals surface area contributed by atoms with Crippen LogP contribution in [0.4, 0.5) is 5.82 Å². The highest BCUT2D eigenvalue weighted by atomic mass is 16.5. The van der Waals surface area contributed by atoms with Crippen LogP contribution in [-0.2, 0) is 17.6 Å². The van der Waals surface area contributed by atoms with Crippen molar-refractivity contribution in [3.8, 4) is 28.7 Å². The van der Waals surface area contributed by atoms with Gasteiger partial charge in [-0.1, -0.05) is 6.07 Å². The molecule has 0 unspecified atom stereocenters. The Bertz CT molecular complexity index is 1510. The molecule has 7 atom stereocenters. The van der Waals surface area contributed by atoms with Crippen molar-refractivity contribution in [2.24, 2.45) is 5.92 Å². The van der Waals surface area contributed by atoms with Crippen molar-refractivity contribution >= 4 is 5.82 Å². The number of hydrogen-bond acceptors (Lipinski definition) is 12. The zero-order valence-corrected chi connectivity index (χ0v) is 28.7. The zero-order chi connectivity index (χ0) is 34.9. The maximum absolute atomic E-state index is 11.0. The number of aromatic hydroxyl groups is 2. The molecule has 1 aromatic heterocycles. The van der Waals surface area contributed by atoms with Crippen LogP contribution in [0.25, 0.3) is 0 Å². The number of methoxy groups -OCH3 is 1. The Hall–Kier alpha value is -3.81. The number of hydrogen-bond donors (Lipinski definition) is 7. The van der Waals surface area contributed by atoms with E-state index in [9.17, 15) is 20.4 Å². The number of aryl methyl sites for hydroxylation is 1. The van der Waals surface area contributed by atoms with Gasteiger partial charge in [-0.25, -0.2) is 4.98 Å². The fourth-order valence-electron chi connectivity index (χ4n) is 6.78. The molecule has 0 spiro atoms. The van der Waals surface area contributed by atoms with Crippen molar-refractivity contribution in [1.29, 1.82) is 0 Å². The summed E-state index contributed by atoms with van der Waals surface area (Å²) < 4.78 is 24.0. The Labute approximate surface area is 288 Å². The average Bonchev–Trinajstić information content (AvgIpc) is 3.07. The van der Waals surface area contributed by atoms with Gasteiger partial charge in [0.05, 0.1) is 31.5 Å². The maximum Gasteiger partial charge on any atom is 0.200 e. The molecule has 3 heterocycles. The molecule has 3 aromatic rings. The van der Waals surface area contributed by atoms with Crippen LogP contribution in [0.2, 0.25) is 0 Å². The Morgan fingerprint density at radius 3 is 2.63 bits per heavy atom. The van der Waals surface area contributed by atoms with Gasteiger partial charge in [0.25, 0.3) is 0 Å². The van der Waals surface area contributed by atoms with Gasteiger partial charge in [-0.2, -0.15) is 0 Å². The summed E-state index contributed by atoms with van der Waals surface area (Å²) in [4.78, 5) is 4.12. The van der Waals surface area contributed by atoms with Gasteiger partial charge in [0.1, 0.15) is 19.2 Å². The summed E-state index contributed by atoms with van der Waals surface area (Å²) in [6.07, 6.45) is 5.14. The maximum atomic E-state index is 11.0. The molecule has 2 aliphatic heterocycles. The molecule has 8 N–H and O–H groups in total. The van der Waals surface area contributed by atoms with E-state index in [4.69, 9.17) is 24.7 Å². The van der Waals surface area contributed by atoms with E-state index in [-0.39, 0.29) is 36.1 Å². The molecule has 5 rings (SSSR count). The summed E-state index contributed by atoms with van der Waals surface area (Å²) >= 11 is 0. The van der Waals surface area contributed by atoms with Crippen molar-refractivity contribution in [1.82, 2.24) is 15.6 Å². The molecule has 0 saturated carbocycles. The summed E-state index contributed by atoms with van der Waals surface area (Å²) in [5.41, 5.74) is 8.78. The highest BCUT2D eigenvalue weighted by Gasteiger charge is 2.32. The van der Waals surface area contributed by atoms with E-state index in [1.807, 2.05) is 18.2 Å². The first-order chi connectivity index (χ1) is 23.6. The Morgan fingerprint density at radius 1 is 1.04 bits per heavy atom. The number of aliphatic hydroxyl groups excluding tert-OH is 2. The highest BCUT2D eigenvalue weighted by molar-refractivity contribution is 5.53. The Kier molecular flexibility index (Phi) is 12.8. The van der Waals surface area contributed by atoms with Gasteiger partial charge in [0.2, 0.25) is 5.75 Å². The minimum atomic E-state index is -0.567. The second-order valence-corrected chi connectivity index (χ2v) is 13.5. The first-order valence-electron chi connectivity index (χ1n) is 17.2. The molecular formula is C37H52N4O8. The van der Waals surface area contributed by atoms with Gasteiger partial charge in [-0.15, -0.1) is 0 Å². The van der Waals surface area contributed by atoms with Gasteiger partial charge in [-0.3, -0.25) is 5.32 Å². The lowest BCUT2D eigenvalue weighted by Gasteiger charge is -2.36. The molecule has 12 nitrogen and oxygen atoms in total. The summed E-state index contributed by atoms with van der Waals surface area (Å²) in [5.74, 6) is 1.72. The molecule has 0 aliphatic carbocycles. The number of nitrogens with one attached hydrogen (secondary N) is 2.